The molecule has 0 N–H and O–H groups in total. The number of ketones is 1. The molecule has 1 heteroatoms. The van der Waals surface area contributed by atoms with Gasteiger partial charge in [0.15, 0.2) is 5.78 Å². The number of hydrogen-bond acceptors (Lipinski definition) is 1. The van der Waals surface area contributed by atoms with E-state index in [1.165, 1.54) is 157 Å². The minimum absolute atomic E-state index is 0.302. The summed E-state index contributed by atoms with van der Waals surface area (Å²) in [6.45, 7) is 0. The van der Waals surface area contributed by atoms with Crippen LogP contribution < -0.4 is 10.4 Å². The van der Waals surface area contributed by atoms with Crippen molar-refractivity contribution in [2.24, 2.45) is 0 Å². The predicted molar refractivity (Wildman–Crippen MR) is 197 cm³/mol. The van der Waals surface area contributed by atoms with Gasteiger partial charge in [-0.05, 0) is 157 Å². The van der Waals surface area contributed by atoms with Gasteiger partial charge in [-0.25, -0.2) is 0 Å². The van der Waals surface area contributed by atoms with Crippen molar-refractivity contribution in [2.45, 2.75) is 10.8 Å². The van der Waals surface area contributed by atoms with Crippen molar-refractivity contribution in [3.8, 4) is 0 Å². The van der Waals surface area contributed by atoms with Gasteiger partial charge < -0.3 is 0 Å². The van der Waals surface area contributed by atoms with E-state index in [4.69, 9.17) is 0 Å². The Morgan fingerprint density at radius 2 is 0.750 bits per heavy atom. The number of hydrogen-bond donors (Lipinski definition) is 0. The molecule has 2 unspecified atom stereocenters. The number of benzene rings is 9. The van der Waals surface area contributed by atoms with Crippen LogP contribution in [0.3, 0.4) is 0 Å². The van der Waals surface area contributed by atoms with Crippen LogP contribution in [0.5, 0.6) is 0 Å². The Hall–Kier alpha value is -6.05. The van der Waals surface area contributed by atoms with Crippen LogP contribution in [0.1, 0.15) is 27.0 Å². The minimum atomic E-state index is -0.804. The molecule has 1 nitrogen and oxygen atoms in total. The van der Waals surface area contributed by atoms with E-state index in [9.17, 15) is 0 Å². The standard InChI is InChI=1S/C47H14O/c48-45-23-3-1-2-4-24(23)46-25-13-14-26-22-12-10-20-18-8-6-16-15-5-7-17-19-9-11-21(25)33-31(19)36-29(17)27(15)35-28(16)30(18)37-32(20)34(22)44(47(26,45)46)42-40(37)38(35)39(36)41(42)43(33)46/h1-14H. The average Bonchev–Trinajstić information content (AvgIpc) is 3.96. The van der Waals surface area contributed by atoms with Crippen LogP contribution in [0.2, 0.25) is 0 Å². The lowest BCUT2D eigenvalue weighted by Gasteiger charge is -2.50. The number of carbonyl (C=O) groups is 1. The fourth-order valence-corrected chi connectivity index (χ4v) is 14.4. The summed E-state index contributed by atoms with van der Waals surface area (Å²) in [7, 11) is 0. The van der Waals surface area contributed by atoms with Gasteiger partial charge in [0, 0.05) is 5.56 Å². The summed E-state index contributed by atoms with van der Waals surface area (Å²) in [5.41, 5.74) is 6.07. The lowest BCUT2D eigenvalue weighted by atomic mass is 9.48. The van der Waals surface area contributed by atoms with Crippen LogP contribution in [0.25, 0.3) is 130 Å². The van der Waals surface area contributed by atoms with Crippen LogP contribution in [0.15, 0.2) is 84.9 Å². The van der Waals surface area contributed by atoms with Gasteiger partial charge >= 0.3 is 0 Å². The summed E-state index contributed by atoms with van der Waals surface area (Å²) in [4.78, 5) is 15.9. The van der Waals surface area contributed by atoms with Gasteiger partial charge in [0.05, 0.1) is 5.41 Å². The highest BCUT2D eigenvalue weighted by atomic mass is 16.1. The third kappa shape index (κ3) is 1.26. The molecule has 48 heavy (non-hydrogen) atoms. The lowest BCUT2D eigenvalue weighted by molar-refractivity contribution is 0.0922. The Balaban J connectivity index is 1.41. The summed E-state index contributed by atoms with van der Waals surface area (Å²) in [5.74, 6) is 0.302. The Morgan fingerprint density at radius 3 is 1.29 bits per heavy atom. The van der Waals surface area contributed by atoms with E-state index in [-0.39, 0.29) is 0 Å². The lowest BCUT2D eigenvalue weighted by Crippen LogP contribution is -2.53. The van der Waals surface area contributed by atoms with Gasteiger partial charge in [-0.15, -0.1) is 0 Å². The first kappa shape index (κ1) is 20.2. The first-order valence-corrected chi connectivity index (χ1v) is 17.3. The zero-order chi connectivity index (χ0) is 29.8. The molecule has 18 rings (SSSR count). The molecule has 0 radical (unpaired) electrons. The summed E-state index contributed by atoms with van der Waals surface area (Å²) < 4.78 is 0. The normalized spacial score (nSPS) is 23.5. The van der Waals surface area contributed by atoms with E-state index < -0.39 is 10.8 Å². The van der Waals surface area contributed by atoms with Crippen molar-refractivity contribution >= 4 is 135 Å². The topological polar surface area (TPSA) is 17.1 Å². The molecule has 13 aromatic rings. The van der Waals surface area contributed by atoms with Gasteiger partial charge in [0.25, 0.3) is 0 Å². The molecule has 0 fully saturated rings. The van der Waals surface area contributed by atoms with Crippen LogP contribution in [0.4, 0.5) is 0 Å². The van der Waals surface area contributed by atoms with Crippen LogP contribution in [-0.2, 0) is 10.8 Å². The second-order valence-electron chi connectivity index (χ2n) is 15.9. The average molecular weight is 595 g/mol. The van der Waals surface area contributed by atoms with Crippen LogP contribution >= 0.6 is 0 Å². The van der Waals surface area contributed by atoms with Gasteiger partial charge in [-0.1, -0.05) is 84.9 Å². The highest BCUT2D eigenvalue weighted by Crippen LogP contribution is 2.77. The van der Waals surface area contributed by atoms with E-state index in [2.05, 4.69) is 84.9 Å². The van der Waals surface area contributed by atoms with Gasteiger partial charge in [0.2, 0.25) is 0 Å². The number of fused-ring (bicyclic) bond motifs is 4. The van der Waals surface area contributed by atoms with Crippen molar-refractivity contribution in [2.75, 3.05) is 0 Å². The molecule has 0 aromatic heterocycles. The van der Waals surface area contributed by atoms with Crippen molar-refractivity contribution in [1.82, 2.24) is 0 Å². The molecule has 0 saturated heterocycles. The molecule has 5 aliphatic carbocycles. The summed E-state index contributed by atoms with van der Waals surface area (Å²) >= 11 is 0. The number of rotatable bonds is 0. The summed E-state index contributed by atoms with van der Waals surface area (Å²) in [6, 6.07) is 28.0. The molecule has 0 aliphatic heterocycles. The van der Waals surface area contributed by atoms with Gasteiger partial charge in [-0.3, -0.25) is 4.79 Å². The van der Waals surface area contributed by atoms with Crippen molar-refractivity contribution in [3.05, 3.63) is 118 Å². The molecule has 0 amide bonds. The van der Waals surface area contributed by atoms with Crippen molar-refractivity contribution < 1.29 is 4.79 Å². The second kappa shape index (κ2) is 5.12. The Labute approximate surface area is 267 Å². The highest BCUT2D eigenvalue weighted by molar-refractivity contribution is 6.64. The quantitative estimate of drug-likeness (QED) is 0.160. The number of carbonyl (C=O) groups excluding carboxylic acids is 1. The van der Waals surface area contributed by atoms with Crippen LogP contribution in [0, 0.1) is 0 Å². The van der Waals surface area contributed by atoms with Gasteiger partial charge in [-0.2, -0.15) is 0 Å². The molecule has 0 heterocycles. The largest absolute Gasteiger partial charge is 0.293 e. The highest BCUT2D eigenvalue weighted by Gasteiger charge is 2.74. The third-order valence-corrected chi connectivity index (χ3v) is 15.2. The zero-order valence-electron chi connectivity index (χ0n) is 25.0. The number of Topliss-reactive ketones (excluding diaryl/α,β-unsaturated/α-hetero) is 1. The third-order valence-electron chi connectivity index (χ3n) is 15.2. The Kier molecular flexibility index (Phi) is 2.16. The SMILES string of the molecule is O=C1c2ccccc2C23C4=c5ccc6c7ccc8c9ccc%10c%11ccc%12c%13c(c%14c%15c2c5c6c2c7c8c5c9c%10c(c%13%11)c%14c5c%152)C13C=%12C=C4. The van der Waals surface area contributed by atoms with E-state index in [1.54, 1.807) is 0 Å². The first-order chi connectivity index (χ1) is 23.8. The minimum Gasteiger partial charge on any atom is -0.293 e. The number of allylic oxidation sites excluding steroid dienone is 2. The molecule has 0 bridgehead atoms. The smallest absolute Gasteiger partial charge is 0.179 e. The monoisotopic (exact) mass is 594 g/mol. The Bertz CT molecular complexity index is 4060. The molecule has 2 spiro atoms. The maximum atomic E-state index is 15.9. The first-order valence-electron chi connectivity index (χ1n) is 17.3. The second-order valence-corrected chi connectivity index (χ2v) is 15.9. The summed E-state index contributed by atoms with van der Waals surface area (Å²) in [6.07, 6.45) is 4.80. The molecular weight excluding hydrogens is 581 g/mol. The van der Waals surface area contributed by atoms with Crippen LogP contribution in [-0.4, -0.2) is 5.78 Å². The Morgan fingerprint density at radius 1 is 0.354 bits per heavy atom. The predicted octanol–water partition coefficient (Wildman–Crippen LogP) is 9.51. The van der Waals surface area contributed by atoms with Crippen molar-refractivity contribution in [3.63, 3.8) is 0 Å². The summed E-state index contributed by atoms with van der Waals surface area (Å²) in [5, 5.41) is 34.1. The molecule has 2 atom stereocenters. The fourth-order valence-electron chi connectivity index (χ4n) is 14.4. The van der Waals surface area contributed by atoms with E-state index in [0.29, 0.717) is 5.78 Å². The van der Waals surface area contributed by atoms with Crippen molar-refractivity contribution in [1.29, 1.82) is 0 Å². The van der Waals surface area contributed by atoms with E-state index in [1.807, 2.05) is 0 Å². The maximum Gasteiger partial charge on any atom is 0.179 e. The fraction of sp³-hybridized carbons (Fsp3) is 0.0426. The maximum absolute atomic E-state index is 15.9. The zero-order valence-corrected chi connectivity index (χ0v) is 25.0. The van der Waals surface area contributed by atoms with E-state index in [0.717, 1.165) is 5.56 Å². The molecule has 0 saturated carbocycles. The molecule has 13 aromatic carbocycles. The molecular formula is C47H14O. The van der Waals surface area contributed by atoms with Gasteiger partial charge in [0.1, 0.15) is 5.41 Å². The van der Waals surface area contributed by atoms with E-state index >= 15 is 4.79 Å². The molecule has 5 aliphatic rings. The molecule has 208 valence electrons.